The number of halogens is 2. The Balaban J connectivity index is 2.34. The van der Waals surface area contributed by atoms with E-state index in [0.29, 0.717) is 0 Å². The first-order valence-corrected chi connectivity index (χ1v) is 7.05. The number of rotatable bonds is 7. The van der Waals surface area contributed by atoms with Gasteiger partial charge in [0.05, 0.1) is 12.6 Å². The maximum absolute atomic E-state index is 13.4. The van der Waals surface area contributed by atoms with Crippen molar-refractivity contribution in [2.75, 3.05) is 13.1 Å². The van der Waals surface area contributed by atoms with Gasteiger partial charge in [-0.25, -0.2) is 8.78 Å². The van der Waals surface area contributed by atoms with E-state index in [1.165, 1.54) is 6.07 Å². The monoisotopic (exact) mass is 313 g/mol. The van der Waals surface area contributed by atoms with Crippen molar-refractivity contribution in [1.29, 1.82) is 0 Å². The molecule has 0 fully saturated rings. The molecule has 0 aromatic heterocycles. The van der Waals surface area contributed by atoms with E-state index >= 15 is 0 Å². The molecule has 1 atom stereocenters. The number of nitrogens with two attached hydrogens (primary N) is 1. The van der Waals surface area contributed by atoms with Gasteiger partial charge in [0.1, 0.15) is 11.6 Å². The van der Waals surface area contributed by atoms with Crippen LogP contribution in [0.1, 0.15) is 19.4 Å². The van der Waals surface area contributed by atoms with Gasteiger partial charge in [-0.1, -0.05) is 19.9 Å². The first-order chi connectivity index (χ1) is 10.3. The van der Waals surface area contributed by atoms with Crippen LogP contribution in [0.3, 0.4) is 0 Å². The molecule has 0 saturated heterocycles. The van der Waals surface area contributed by atoms with Crippen LogP contribution in [0.5, 0.6) is 0 Å². The van der Waals surface area contributed by atoms with E-state index in [9.17, 15) is 18.4 Å². The van der Waals surface area contributed by atoms with Crippen LogP contribution in [0.4, 0.5) is 8.78 Å². The number of nitrogens with one attached hydrogen (secondary N) is 2. The summed E-state index contributed by atoms with van der Waals surface area (Å²) < 4.78 is 26.7. The Bertz CT molecular complexity index is 515. The lowest BCUT2D eigenvalue weighted by Crippen LogP contribution is -2.47. The minimum Gasteiger partial charge on any atom is -0.354 e. The Kier molecular flexibility index (Phi) is 6.91. The number of carbonyl (C=O) groups excluding carboxylic acids is 2. The van der Waals surface area contributed by atoms with Crippen LogP contribution in [0.2, 0.25) is 0 Å². The second kappa shape index (κ2) is 8.43. The SMILES string of the molecule is CC(C)[C@H](N)C(=O)NCC(=O)NCCc1c(F)cccc1F. The fraction of sp³-hybridized carbons (Fsp3) is 0.467. The van der Waals surface area contributed by atoms with Crippen LogP contribution in [0, 0.1) is 17.6 Å². The summed E-state index contributed by atoms with van der Waals surface area (Å²) in [5, 5.41) is 4.89. The Hall–Kier alpha value is -2.02. The number of amides is 2. The molecule has 22 heavy (non-hydrogen) atoms. The van der Waals surface area contributed by atoms with E-state index in [1.54, 1.807) is 13.8 Å². The minimum atomic E-state index is -0.680. The third-order valence-corrected chi connectivity index (χ3v) is 3.20. The van der Waals surface area contributed by atoms with E-state index in [1.807, 2.05) is 0 Å². The summed E-state index contributed by atoms with van der Waals surface area (Å²) >= 11 is 0. The molecule has 0 radical (unpaired) electrons. The largest absolute Gasteiger partial charge is 0.354 e. The molecule has 0 aliphatic rings. The van der Waals surface area contributed by atoms with Crippen LogP contribution >= 0.6 is 0 Å². The van der Waals surface area contributed by atoms with E-state index in [2.05, 4.69) is 10.6 Å². The molecule has 0 spiro atoms. The predicted octanol–water partition coefficient (Wildman–Crippen LogP) is 0.723. The summed E-state index contributed by atoms with van der Waals surface area (Å²) in [7, 11) is 0. The molecule has 5 nitrogen and oxygen atoms in total. The van der Waals surface area contributed by atoms with Gasteiger partial charge in [0.2, 0.25) is 11.8 Å². The molecule has 1 aromatic rings. The first kappa shape index (κ1) is 18.0. The van der Waals surface area contributed by atoms with Crippen molar-refractivity contribution in [1.82, 2.24) is 10.6 Å². The van der Waals surface area contributed by atoms with Crippen molar-refractivity contribution in [3.8, 4) is 0 Å². The number of hydrogen-bond acceptors (Lipinski definition) is 3. The fourth-order valence-corrected chi connectivity index (χ4v) is 1.75. The van der Waals surface area contributed by atoms with Crippen LogP contribution in [-0.4, -0.2) is 30.9 Å². The van der Waals surface area contributed by atoms with Gasteiger partial charge in [-0.15, -0.1) is 0 Å². The molecule has 0 heterocycles. The molecule has 1 rings (SSSR count). The quantitative estimate of drug-likeness (QED) is 0.693. The smallest absolute Gasteiger partial charge is 0.239 e. The van der Waals surface area contributed by atoms with Crippen LogP contribution < -0.4 is 16.4 Å². The molecule has 1 aromatic carbocycles. The van der Waals surface area contributed by atoms with Crippen molar-refractivity contribution in [3.63, 3.8) is 0 Å². The second-order valence-electron chi connectivity index (χ2n) is 5.29. The summed E-state index contributed by atoms with van der Waals surface area (Å²) in [4.78, 5) is 23.1. The predicted molar refractivity (Wildman–Crippen MR) is 78.9 cm³/mol. The minimum absolute atomic E-state index is 0.0314. The molecule has 0 bridgehead atoms. The van der Waals surface area contributed by atoms with Crippen molar-refractivity contribution in [3.05, 3.63) is 35.4 Å². The van der Waals surface area contributed by atoms with Gasteiger partial charge in [0, 0.05) is 12.1 Å². The number of benzene rings is 1. The average molecular weight is 313 g/mol. The van der Waals surface area contributed by atoms with Crippen LogP contribution in [-0.2, 0) is 16.0 Å². The molecule has 122 valence electrons. The normalized spacial score (nSPS) is 12.1. The average Bonchev–Trinajstić information content (AvgIpc) is 2.46. The van der Waals surface area contributed by atoms with Gasteiger partial charge in [-0.05, 0) is 24.5 Å². The lowest BCUT2D eigenvalue weighted by Gasteiger charge is -2.15. The molecular formula is C15H21F2N3O2. The molecule has 4 N–H and O–H groups in total. The summed E-state index contributed by atoms with van der Waals surface area (Å²) in [6, 6.07) is 2.92. The van der Waals surface area contributed by atoms with Crippen molar-refractivity contribution in [2.45, 2.75) is 26.3 Å². The van der Waals surface area contributed by atoms with Gasteiger partial charge in [-0.2, -0.15) is 0 Å². The Morgan fingerprint density at radius 2 is 1.77 bits per heavy atom. The van der Waals surface area contributed by atoms with Gasteiger partial charge < -0.3 is 16.4 Å². The summed E-state index contributed by atoms with van der Waals surface area (Å²) in [6.45, 7) is 3.45. The molecule has 0 aliphatic carbocycles. The highest BCUT2D eigenvalue weighted by atomic mass is 19.1. The molecule has 0 aliphatic heterocycles. The first-order valence-electron chi connectivity index (χ1n) is 7.05. The number of carbonyl (C=O) groups is 2. The molecule has 2 amide bonds. The van der Waals surface area contributed by atoms with E-state index in [4.69, 9.17) is 5.73 Å². The van der Waals surface area contributed by atoms with Crippen molar-refractivity contribution >= 4 is 11.8 Å². The van der Waals surface area contributed by atoms with E-state index < -0.39 is 29.5 Å². The highest BCUT2D eigenvalue weighted by Gasteiger charge is 2.17. The Morgan fingerprint density at radius 1 is 1.18 bits per heavy atom. The maximum atomic E-state index is 13.4. The van der Waals surface area contributed by atoms with Gasteiger partial charge >= 0.3 is 0 Å². The maximum Gasteiger partial charge on any atom is 0.239 e. The highest BCUT2D eigenvalue weighted by Crippen LogP contribution is 2.11. The third-order valence-electron chi connectivity index (χ3n) is 3.20. The van der Waals surface area contributed by atoms with E-state index in [-0.39, 0.29) is 31.0 Å². The standard InChI is InChI=1S/C15H21F2N3O2/c1-9(2)14(18)15(22)20-8-13(21)19-7-6-10-11(16)4-3-5-12(10)17/h3-5,9,14H,6-8,18H2,1-2H3,(H,19,21)(H,20,22)/t14-/m0/s1. The van der Waals surface area contributed by atoms with Crippen molar-refractivity contribution in [2.24, 2.45) is 11.7 Å². The lowest BCUT2D eigenvalue weighted by atomic mass is 10.1. The summed E-state index contributed by atoms with van der Waals surface area (Å²) in [6.07, 6.45) is 0.0314. The molecule has 7 heteroatoms. The zero-order valence-electron chi connectivity index (χ0n) is 12.7. The summed E-state index contributed by atoms with van der Waals surface area (Å²) in [5.74, 6) is -2.19. The topological polar surface area (TPSA) is 84.2 Å². The highest BCUT2D eigenvalue weighted by molar-refractivity contribution is 5.87. The zero-order valence-corrected chi connectivity index (χ0v) is 12.7. The van der Waals surface area contributed by atoms with Gasteiger partial charge in [0.15, 0.2) is 0 Å². The lowest BCUT2D eigenvalue weighted by molar-refractivity contribution is -0.127. The number of hydrogen-bond donors (Lipinski definition) is 3. The molecule has 0 unspecified atom stereocenters. The molecular weight excluding hydrogens is 292 g/mol. The zero-order chi connectivity index (χ0) is 16.7. The van der Waals surface area contributed by atoms with Gasteiger partial charge in [-0.3, -0.25) is 9.59 Å². The second-order valence-corrected chi connectivity index (χ2v) is 5.29. The fourth-order valence-electron chi connectivity index (χ4n) is 1.75. The summed E-state index contributed by atoms with van der Waals surface area (Å²) in [5.41, 5.74) is 5.55. The molecule has 0 saturated carbocycles. The Labute approximate surface area is 128 Å². The third kappa shape index (κ3) is 5.40. The Morgan fingerprint density at radius 3 is 2.32 bits per heavy atom. The van der Waals surface area contributed by atoms with Crippen LogP contribution in [0.15, 0.2) is 18.2 Å². The van der Waals surface area contributed by atoms with Crippen molar-refractivity contribution < 1.29 is 18.4 Å². The van der Waals surface area contributed by atoms with Crippen LogP contribution in [0.25, 0.3) is 0 Å². The van der Waals surface area contributed by atoms with Gasteiger partial charge in [0.25, 0.3) is 0 Å². The van der Waals surface area contributed by atoms with E-state index in [0.717, 1.165) is 12.1 Å².